The van der Waals surface area contributed by atoms with Crippen molar-refractivity contribution in [1.82, 2.24) is 0 Å². The van der Waals surface area contributed by atoms with E-state index in [1.54, 1.807) is 0 Å². The Kier molecular flexibility index (Phi) is 2.55. The topological polar surface area (TPSA) is 0 Å². The zero-order valence-corrected chi connectivity index (χ0v) is 11.4. The van der Waals surface area contributed by atoms with E-state index in [-0.39, 0.29) is 5.41 Å². The minimum absolute atomic E-state index is 0.261. The summed E-state index contributed by atoms with van der Waals surface area (Å²) < 4.78 is 0. The first-order chi connectivity index (χ1) is 8.62. The predicted molar refractivity (Wildman–Crippen MR) is 76.9 cm³/mol. The molecule has 1 aliphatic carbocycles. The first-order valence-corrected chi connectivity index (χ1v) is 6.76. The van der Waals surface area contributed by atoms with E-state index in [2.05, 4.69) is 75.4 Å². The molecule has 2 aromatic rings. The first kappa shape index (κ1) is 11.5. The van der Waals surface area contributed by atoms with E-state index in [1.807, 2.05) is 0 Å². The van der Waals surface area contributed by atoms with Crippen LogP contribution in [-0.2, 0) is 5.41 Å². The van der Waals surface area contributed by atoms with Crippen molar-refractivity contribution in [2.24, 2.45) is 5.92 Å². The molecular formula is C18H20. The predicted octanol–water partition coefficient (Wildman–Crippen LogP) is 4.75. The van der Waals surface area contributed by atoms with Gasteiger partial charge < -0.3 is 0 Å². The van der Waals surface area contributed by atoms with Gasteiger partial charge in [0.1, 0.15) is 0 Å². The molecule has 0 heteroatoms. The third-order valence-corrected chi connectivity index (χ3v) is 4.79. The molecule has 18 heavy (non-hydrogen) atoms. The maximum Gasteiger partial charge on any atom is 0.0126 e. The molecular weight excluding hydrogens is 216 g/mol. The summed E-state index contributed by atoms with van der Waals surface area (Å²) in [7, 11) is 0. The Hall–Kier alpha value is -1.56. The summed E-state index contributed by atoms with van der Waals surface area (Å²) in [5, 5.41) is 0. The van der Waals surface area contributed by atoms with E-state index in [1.165, 1.54) is 16.7 Å². The van der Waals surface area contributed by atoms with Gasteiger partial charge in [0.05, 0.1) is 0 Å². The van der Waals surface area contributed by atoms with Crippen molar-refractivity contribution in [3.63, 3.8) is 0 Å². The maximum absolute atomic E-state index is 2.39. The Morgan fingerprint density at radius 3 is 2.17 bits per heavy atom. The lowest BCUT2D eigenvalue weighted by Gasteiger charge is -2.28. The molecule has 0 saturated heterocycles. The van der Waals surface area contributed by atoms with Gasteiger partial charge in [0.2, 0.25) is 0 Å². The highest BCUT2D eigenvalue weighted by atomic mass is 14.5. The lowest BCUT2D eigenvalue weighted by molar-refractivity contribution is 0.352. The molecule has 0 spiro atoms. The molecule has 2 aromatic carbocycles. The number of hydrogen-bond donors (Lipinski definition) is 0. The van der Waals surface area contributed by atoms with Crippen LogP contribution >= 0.6 is 0 Å². The second kappa shape index (κ2) is 3.98. The summed E-state index contributed by atoms with van der Waals surface area (Å²) in [6.45, 7) is 7.14. The molecule has 0 nitrogen and oxygen atoms in total. The molecule has 0 unspecified atom stereocenters. The van der Waals surface area contributed by atoms with Gasteiger partial charge in [-0.15, -0.1) is 0 Å². The molecule has 92 valence electrons. The third kappa shape index (κ3) is 1.52. The Morgan fingerprint density at radius 2 is 1.44 bits per heavy atom. The Labute approximate surface area is 110 Å². The number of hydrogen-bond acceptors (Lipinski definition) is 0. The van der Waals surface area contributed by atoms with Crippen LogP contribution in [0.25, 0.3) is 0 Å². The molecule has 0 aromatic heterocycles. The Bertz CT molecular complexity index is 551. The maximum atomic E-state index is 2.39. The fraction of sp³-hybridized carbons (Fsp3) is 0.333. The van der Waals surface area contributed by atoms with Gasteiger partial charge in [0.15, 0.2) is 0 Å². The van der Waals surface area contributed by atoms with Crippen molar-refractivity contribution in [3.05, 3.63) is 71.3 Å². The average molecular weight is 236 g/mol. The van der Waals surface area contributed by atoms with Crippen molar-refractivity contribution in [1.29, 1.82) is 0 Å². The van der Waals surface area contributed by atoms with Crippen LogP contribution in [0.5, 0.6) is 0 Å². The largest absolute Gasteiger partial charge is 0.0622 e. The van der Waals surface area contributed by atoms with Crippen molar-refractivity contribution in [2.45, 2.75) is 32.1 Å². The highest BCUT2D eigenvalue weighted by Crippen LogP contribution is 2.52. The SMILES string of the molecule is C[C@@H]1[C@@H](c2ccccc2)c2ccccc2C1(C)C. The number of rotatable bonds is 1. The van der Waals surface area contributed by atoms with Crippen molar-refractivity contribution in [3.8, 4) is 0 Å². The molecule has 0 N–H and O–H groups in total. The lowest BCUT2D eigenvalue weighted by Crippen LogP contribution is -2.23. The van der Waals surface area contributed by atoms with E-state index in [0.29, 0.717) is 11.8 Å². The lowest BCUT2D eigenvalue weighted by atomic mass is 9.75. The minimum Gasteiger partial charge on any atom is -0.0622 e. The van der Waals surface area contributed by atoms with Crippen LogP contribution in [0.1, 0.15) is 43.4 Å². The van der Waals surface area contributed by atoms with Gasteiger partial charge >= 0.3 is 0 Å². The molecule has 2 atom stereocenters. The summed E-state index contributed by atoms with van der Waals surface area (Å²) in [6.07, 6.45) is 0. The summed E-state index contributed by atoms with van der Waals surface area (Å²) in [5.74, 6) is 1.18. The Balaban J connectivity index is 2.18. The van der Waals surface area contributed by atoms with Gasteiger partial charge in [-0.25, -0.2) is 0 Å². The highest BCUT2D eigenvalue weighted by molar-refractivity contribution is 5.48. The zero-order chi connectivity index (χ0) is 12.8. The Morgan fingerprint density at radius 1 is 0.833 bits per heavy atom. The minimum atomic E-state index is 0.261. The summed E-state index contributed by atoms with van der Waals surface area (Å²) >= 11 is 0. The van der Waals surface area contributed by atoms with Gasteiger partial charge in [0.25, 0.3) is 0 Å². The molecule has 0 fully saturated rings. The summed E-state index contributed by atoms with van der Waals surface area (Å²) in [5.41, 5.74) is 4.74. The molecule has 0 saturated carbocycles. The molecule has 0 radical (unpaired) electrons. The summed E-state index contributed by atoms with van der Waals surface area (Å²) in [6, 6.07) is 19.9. The number of fused-ring (bicyclic) bond motifs is 1. The number of benzene rings is 2. The van der Waals surface area contributed by atoms with Crippen molar-refractivity contribution < 1.29 is 0 Å². The molecule has 1 aliphatic rings. The van der Waals surface area contributed by atoms with Crippen LogP contribution < -0.4 is 0 Å². The molecule has 0 heterocycles. The van der Waals surface area contributed by atoms with Crippen LogP contribution in [-0.4, -0.2) is 0 Å². The normalized spacial score (nSPS) is 24.8. The molecule has 0 aliphatic heterocycles. The third-order valence-electron chi connectivity index (χ3n) is 4.79. The van der Waals surface area contributed by atoms with Gasteiger partial charge in [-0.2, -0.15) is 0 Å². The van der Waals surface area contributed by atoms with Gasteiger partial charge in [-0.05, 0) is 28.0 Å². The van der Waals surface area contributed by atoms with Gasteiger partial charge in [0, 0.05) is 5.92 Å². The van der Waals surface area contributed by atoms with Gasteiger partial charge in [-0.3, -0.25) is 0 Å². The van der Waals surface area contributed by atoms with E-state index >= 15 is 0 Å². The molecule has 3 rings (SSSR count). The second-order valence-corrected chi connectivity index (χ2v) is 5.99. The smallest absolute Gasteiger partial charge is 0.0126 e. The fourth-order valence-electron chi connectivity index (χ4n) is 3.41. The van der Waals surface area contributed by atoms with Crippen LogP contribution in [0.15, 0.2) is 54.6 Å². The zero-order valence-electron chi connectivity index (χ0n) is 11.4. The van der Waals surface area contributed by atoms with E-state index in [9.17, 15) is 0 Å². The molecule has 0 amide bonds. The summed E-state index contributed by atoms with van der Waals surface area (Å²) in [4.78, 5) is 0. The van der Waals surface area contributed by atoms with E-state index in [4.69, 9.17) is 0 Å². The van der Waals surface area contributed by atoms with E-state index in [0.717, 1.165) is 0 Å². The van der Waals surface area contributed by atoms with Gasteiger partial charge in [-0.1, -0.05) is 75.4 Å². The van der Waals surface area contributed by atoms with Crippen LogP contribution in [0, 0.1) is 5.92 Å². The average Bonchev–Trinajstić information content (AvgIpc) is 2.60. The second-order valence-electron chi connectivity index (χ2n) is 5.99. The van der Waals surface area contributed by atoms with Crippen molar-refractivity contribution in [2.75, 3.05) is 0 Å². The first-order valence-electron chi connectivity index (χ1n) is 6.76. The van der Waals surface area contributed by atoms with Crippen LogP contribution in [0.3, 0.4) is 0 Å². The molecule has 0 bridgehead atoms. The van der Waals surface area contributed by atoms with E-state index < -0.39 is 0 Å². The van der Waals surface area contributed by atoms with Crippen LogP contribution in [0.2, 0.25) is 0 Å². The van der Waals surface area contributed by atoms with Crippen LogP contribution in [0.4, 0.5) is 0 Å². The quantitative estimate of drug-likeness (QED) is 0.670. The monoisotopic (exact) mass is 236 g/mol. The highest BCUT2D eigenvalue weighted by Gasteiger charge is 2.43. The standard InChI is InChI=1S/C18H20/c1-13-17(14-9-5-4-6-10-14)15-11-7-8-12-16(15)18(13,2)3/h4-13,17H,1-3H3/t13-,17+/m1/s1. The fourth-order valence-corrected chi connectivity index (χ4v) is 3.41. The van der Waals surface area contributed by atoms with Crippen molar-refractivity contribution >= 4 is 0 Å².